The summed E-state index contributed by atoms with van der Waals surface area (Å²) >= 11 is 0. The Morgan fingerprint density at radius 2 is 2.09 bits per heavy atom. The topological polar surface area (TPSA) is 59.1 Å². The van der Waals surface area contributed by atoms with Crippen LogP contribution >= 0.6 is 0 Å². The SMILES string of the molecule is CCOC(=O)N1CC[C@]2(CCCN(C3CCOCC3)C2=O)C1. The number of rotatable bonds is 2. The van der Waals surface area contributed by atoms with Crippen LogP contribution in [0, 0.1) is 5.41 Å². The van der Waals surface area contributed by atoms with E-state index in [0.29, 0.717) is 25.7 Å². The Bertz CT molecular complexity index is 436. The fraction of sp³-hybridized carbons (Fsp3) is 0.875. The van der Waals surface area contributed by atoms with Crippen LogP contribution in [-0.2, 0) is 14.3 Å². The van der Waals surface area contributed by atoms with Gasteiger partial charge in [-0.05, 0) is 39.0 Å². The van der Waals surface area contributed by atoms with Crippen molar-refractivity contribution in [2.45, 2.75) is 45.1 Å². The highest BCUT2D eigenvalue weighted by atomic mass is 16.6. The zero-order chi connectivity index (χ0) is 15.6. The fourth-order valence-electron chi connectivity index (χ4n) is 4.07. The molecule has 0 aromatic carbocycles. The molecule has 1 atom stereocenters. The molecule has 0 aromatic heterocycles. The molecule has 3 rings (SSSR count). The molecule has 0 aromatic rings. The molecule has 0 saturated carbocycles. The van der Waals surface area contributed by atoms with E-state index in [0.717, 1.165) is 51.9 Å². The minimum Gasteiger partial charge on any atom is -0.450 e. The lowest BCUT2D eigenvalue weighted by Gasteiger charge is -2.44. The summed E-state index contributed by atoms with van der Waals surface area (Å²) in [5.74, 6) is 0.248. The first kappa shape index (κ1) is 15.6. The molecule has 3 heterocycles. The van der Waals surface area contributed by atoms with E-state index >= 15 is 0 Å². The van der Waals surface area contributed by atoms with Gasteiger partial charge in [-0.15, -0.1) is 0 Å². The molecule has 0 unspecified atom stereocenters. The molecule has 124 valence electrons. The van der Waals surface area contributed by atoms with Gasteiger partial charge in [-0.2, -0.15) is 0 Å². The number of carbonyl (C=O) groups excluding carboxylic acids is 2. The van der Waals surface area contributed by atoms with Crippen LogP contribution in [0.1, 0.15) is 39.0 Å². The second-order valence-electron chi connectivity index (χ2n) is 6.60. The summed E-state index contributed by atoms with van der Waals surface area (Å²) in [4.78, 5) is 28.8. The van der Waals surface area contributed by atoms with E-state index in [2.05, 4.69) is 4.90 Å². The van der Waals surface area contributed by atoms with Gasteiger partial charge >= 0.3 is 6.09 Å². The Balaban J connectivity index is 1.68. The Kier molecular flexibility index (Phi) is 4.57. The van der Waals surface area contributed by atoms with Crippen LogP contribution in [0.15, 0.2) is 0 Å². The van der Waals surface area contributed by atoms with Crippen molar-refractivity contribution < 1.29 is 19.1 Å². The highest BCUT2D eigenvalue weighted by Gasteiger charge is 2.50. The Morgan fingerprint density at radius 3 is 2.82 bits per heavy atom. The number of amides is 2. The third-order valence-electron chi connectivity index (χ3n) is 5.28. The Morgan fingerprint density at radius 1 is 1.32 bits per heavy atom. The summed E-state index contributed by atoms with van der Waals surface area (Å²) in [5.41, 5.74) is -0.372. The molecule has 3 aliphatic rings. The van der Waals surface area contributed by atoms with Gasteiger partial charge in [0.2, 0.25) is 5.91 Å². The number of carbonyl (C=O) groups is 2. The van der Waals surface area contributed by atoms with E-state index in [1.165, 1.54) is 0 Å². The largest absolute Gasteiger partial charge is 0.450 e. The number of likely N-dealkylation sites (tertiary alicyclic amines) is 2. The summed E-state index contributed by atoms with van der Waals surface area (Å²) in [6, 6.07) is 0.315. The van der Waals surface area contributed by atoms with E-state index in [4.69, 9.17) is 9.47 Å². The fourth-order valence-corrected chi connectivity index (χ4v) is 4.07. The Hall–Kier alpha value is -1.30. The molecule has 0 N–H and O–H groups in total. The molecular weight excluding hydrogens is 284 g/mol. The predicted octanol–water partition coefficient (Wildman–Crippen LogP) is 1.64. The molecule has 1 spiro atoms. The van der Waals surface area contributed by atoms with Gasteiger partial charge in [0.1, 0.15) is 0 Å². The maximum Gasteiger partial charge on any atom is 0.409 e. The average molecular weight is 310 g/mol. The van der Waals surface area contributed by atoms with Crippen molar-refractivity contribution in [3.05, 3.63) is 0 Å². The lowest BCUT2D eigenvalue weighted by atomic mass is 9.77. The summed E-state index contributed by atoms with van der Waals surface area (Å²) < 4.78 is 10.5. The highest BCUT2D eigenvalue weighted by Crippen LogP contribution is 2.41. The maximum atomic E-state index is 13.1. The highest BCUT2D eigenvalue weighted by molar-refractivity contribution is 5.85. The van der Waals surface area contributed by atoms with Crippen molar-refractivity contribution in [2.75, 3.05) is 39.5 Å². The van der Waals surface area contributed by atoms with Crippen molar-refractivity contribution in [2.24, 2.45) is 5.41 Å². The zero-order valence-corrected chi connectivity index (χ0v) is 13.4. The molecule has 0 radical (unpaired) electrons. The van der Waals surface area contributed by atoms with Gasteiger partial charge in [0.25, 0.3) is 0 Å². The zero-order valence-electron chi connectivity index (χ0n) is 13.4. The third kappa shape index (κ3) is 2.81. The molecule has 6 nitrogen and oxygen atoms in total. The van der Waals surface area contributed by atoms with Crippen molar-refractivity contribution >= 4 is 12.0 Å². The minimum atomic E-state index is -0.372. The summed E-state index contributed by atoms with van der Waals surface area (Å²) in [6.45, 7) is 5.68. The van der Waals surface area contributed by atoms with Crippen molar-refractivity contribution in [1.29, 1.82) is 0 Å². The maximum absolute atomic E-state index is 13.1. The first-order valence-electron chi connectivity index (χ1n) is 8.47. The molecule has 6 heteroatoms. The van der Waals surface area contributed by atoms with Gasteiger partial charge < -0.3 is 19.3 Å². The molecular formula is C16H26N2O4. The van der Waals surface area contributed by atoms with Gasteiger partial charge in [0, 0.05) is 38.9 Å². The van der Waals surface area contributed by atoms with E-state index in [1.807, 2.05) is 6.92 Å². The van der Waals surface area contributed by atoms with Gasteiger partial charge in [0.05, 0.1) is 12.0 Å². The predicted molar refractivity (Wildman–Crippen MR) is 80.4 cm³/mol. The van der Waals surface area contributed by atoms with Crippen LogP contribution in [0.4, 0.5) is 4.79 Å². The van der Waals surface area contributed by atoms with Crippen molar-refractivity contribution in [3.63, 3.8) is 0 Å². The van der Waals surface area contributed by atoms with Crippen LogP contribution in [-0.4, -0.2) is 67.3 Å². The monoisotopic (exact) mass is 310 g/mol. The normalized spacial score (nSPS) is 30.1. The molecule has 3 aliphatic heterocycles. The number of hydrogen-bond donors (Lipinski definition) is 0. The molecule has 0 bridgehead atoms. The third-order valence-corrected chi connectivity index (χ3v) is 5.28. The first-order valence-corrected chi connectivity index (χ1v) is 8.47. The van der Waals surface area contributed by atoms with Gasteiger partial charge in [-0.25, -0.2) is 4.79 Å². The summed E-state index contributed by atoms with van der Waals surface area (Å²) in [5, 5.41) is 0. The summed E-state index contributed by atoms with van der Waals surface area (Å²) in [6.07, 6.45) is 4.27. The van der Waals surface area contributed by atoms with Gasteiger partial charge in [0.15, 0.2) is 0 Å². The molecule has 22 heavy (non-hydrogen) atoms. The summed E-state index contributed by atoms with van der Waals surface area (Å²) in [7, 11) is 0. The average Bonchev–Trinajstić information content (AvgIpc) is 2.97. The van der Waals surface area contributed by atoms with Crippen LogP contribution in [0.5, 0.6) is 0 Å². The van der Waals surface area contributed by atoms with Gasteiger partial charge in [-0.1, -0.05) is 0 Å². The van der Waals surface area contributed by atoms with E-state index in [1.54, 1.807) is 4.90 Å². The smallest absolute Gasteiger partial charge is 0.409 e. The number of nitrogens with zero attached hydrogens (tertiary/aromatic N) is 2. The lowest BCUT2D eigenvalue weighted by Crippen LogP contribution is -2.55. The second-order valence-corrected chi connectivity index (χ2v) is 6.60. The van der Waals surface area contributed by atoms with Crippen molar-refractivity contribution in [3.8, 4) is 0 Å². The number of hydrogen-bond acceptors (Lipinski definition) is 4. The molecule has 0 aliphatic carbocycles. The number of ether oxygens (including phenoxy) is 2. The first-order chi connectivity index (χ1) is 10.7. The quantitative estimate of drug-likeness (QED) is 0.778. The molecule has 3 saturated heterocycles. The lowest BCUT2D eigenvalue weighted by molar-refractivity contribution is -0.150. The van der Waals surface area contributed by atoms with Crippen LogP contribution in [0.25, 0.3) is 0 Å². The van der Waals surface area contributed by atoms with E-state index in [-0.39, 0.29) is 17.4 Å². The van der Waals surface area contributed by atoms with E-state index in [9.17, 15) is 9.59 Å². The van der Waals surface area contributed by atoms with E-state index < -0.39 is 0 Å². The van der Waals surface area contributed by atoms with Crippen molar-refractivity contribution in [1.82, 2.24) is 9.80 Å². The number of piperidine rings is 1. The molecule has 2 amide bonds. The standard InChI is InChI=1S/C16H26N2O4/c1-2-22-15(20)17-9-7-16(12-17)6-3-8-18(14(16)19)13-4-10-21-11-5-13/h13H,2-12H2,1H3/t16-/m1/s1. The molecule has 3 fully saturated rings. The second kappa shape index (κ2) is 6.44. The van der Waals surface area contributed by atoms with Crippen LogP contribution in [0.3, 0.4) is 0 Å². The van der Waals surface area contributed by atoms with Crippen LogP contribution < -0.4 is 0 Å². The van der Waals surface area contributed by atoms with Crippen LogP contribution in [0.2, 0.25) is 0 Å². The minimum absolute atomic E-state index is 0.248. The van der Waals surface area contributed by atoms with Gasteiger partial charge in [-0.3, -0.25) is 4.79 Å². The Labute approximate surface area is 131 Å².